The lowest BCUT2D eigenvalue weighted by Gasteiger charge is -2.32. The molecule has 0 unspecified atom stereocenters. The fourth-order valence-corrected chi connectivity index (χ4v) is 8.17. The summed E-state index contributed by atoms with van der Waals surface area (Å²) in [7, 11) is -0.523. The van der Waals surface area contributed by atoms with E-state index in [4.69, 9.17) is 19.3 Å². The van der Waals surface area contributed by atoms with Crippen LogP contribution in [0.3, 0.4) is 0 Å². The number of nitrogens with zero attached hydrogens (tertiary/aromatic N) is 4. The molecule has 7 heteroatoms. The van der Waals surface area contributed by atoms with Crippen molar-refractivity contribution in [3.63, 3.8) is 0 Å². The quantitative estimate of drug-likeness (QED) is 0.166. The molecule has 0 spiro atoms. The van der Waals surface area contributed by atoms with Crippen LogP contribution in [-0.4, -0.2) is 37.1 Å². The van der Waals surface area contributed by atoms with Crippen molar-refractivity contribution in [3.8, 4) is 44.5 Å². The molecule has 4 aromatic heterocycles. The van der Waals surface area contributed by atoms with Crippen LogP contribution in [0.1, 0.15) is 39.1 Å². The molecule has 5 aromatic carbocycles. The third kappa shape index (κ3) is 5.57. The molecule has 0 saturated carbocycles. The lowest BCUT2D eigenvalue weighted by molar-refractivity contribution is 0.00578. The molecule has 1 aliphatic heterocycles. The van der Waals surface area contributed by atoms with Gasteiger partial charge in [0.15, 0.2) is 0 Å². The number of pyridine rings is 2. The second-order valence-electron chi connectivity index (χ2n) is 16.0. The van der Waals surface area contributed by atoms with Crippen LogP contribution in [0.2, 0.25) is 0 Å². The zero-order chi connectivity index (χ0) is 37.6. The molecule has 0 radical (unpaired) electrons. The summed E-state index contributed by atoms with van der Waals surface area (Å²) < 4.78 is 17.6. The molecular formula is C48H41BN4O2. The van der Waals surface area contributed by atoms with E-state index in [-0.39, 0.29) is 0 Å². The highest BCUT2D eigenvalue weighted by atomic mass is 16.7. The van der Waals surface area contributed by atoms with Crippen LogP contribution in [0.5, 0.6) is 0 Å². The molecule has 268 valence electrons. The van der Waals surface area contributed by atoms with Gasteiger partial charge in [0, 0.05) is 35.6 Å². The zero-order valence-corrected chi connectivity index (χ0v) is 32.0. The molecule has 55 heavy (non-hydrogen) atoms. The minimum Gasteiger partial charge on any atom is -0.399 e. The van der Waals surface area contributed by atoms with E-state index in [9.17, 15) is 0 Å². The molecule has 9 aromatic rings. The Morgan fingerprint density at radius 2 is 0.909 bits per heavy atom. The van der Waals surface area contributed by atoms with Crippen molar-refractivity contribution in [1.29, 1.82) is 0 Å². The molecule has 0 bridgehead atoms. The number of hydrogen-bond donors (Lipinski definition) is 0. The summed E-state index contributed by atoms with van der Waals surface area (Å²) in [5.41, 5.74) is 13.1. The van der Waals surface area contributed by atoms with Gasteiger partial charge in [-0.05, 0) is 133 Å². The molecule has 1 fully saturated rings. The van der Waals surface area contributed by atoms with Gasteiger partial charge in [0.1, 0.15) is 11.3 Å². The molecule has 6 nitrogen and oxygen atoms in total. The SMILES string of the molecule is Cc1cn2ccc3cc(-c4ccccc4-c4cc(B5OC(C)(C)C(C)(C)O5)cc(-c5ccccc5-c5ccc6c(ccn7cc(C)nc67)c5)c4)ccc3c2n1. The molecule has 1 aliphatic rings. The number of rotatable bonds is 5. The maximum Gasteiger partial charge on any atom is 0.494 e. The van der Waals surface area contributed by atoms with Crippen LogP contribution in [-0.2, 0) is 9.31 Å². The van der Waals surface area contributed by atoms with Gasteiger partial charge in [0.2, 0.25) is 0 Å². The minimum atomic E-state index is -0.523. The zero-order valence-electron chi connectivity index (χ0n) is 32.0. The van der Waals surface area contributed by atoms with Gasteiger partial charge in [0.05, 0.1) is 22.6 Å². The molecule has 5 heterocycles. The van der Waals surface area contributed by atoms with Gasteiger partial charge < -0.3 is 18.1 Å². The predicted octanol–water partition coefficient (Wildman–Crippen LogP) is 10.9. The second-order valence-corrected chi connectivity index (χ2v) is 16.0. The first kappa shape index (κ1) is 33.5. The molecule has 1 saturated heterocycles. The summed E-state index contributed by atoms with van der Waals surface area (Å²) in [4.78, 5) is 9.61. The second kappa shape index (κ2) is 12.3. The largest absolute Gasteiger partial charge is 0.494 e. The van der Waals surface area contributed by atoms with E-state index in [1.54, 1.807) is 0 Å². The number of imidazole rings is 2. The van der Waals surface area contributed by atoms with E-state index in [1.165, 1.54) is 0 Å². The van der Waals surface area contributed by atoms with E-state index < -0.39 is 18.3 Å². The van der Waals surface area contributed by atoms with Crippen molar-refractivity contribution in [1.82, 2.24) is 18.8 Å². The van der Waals surface area contributed by atoms with Crippen LogP contribution in [0.25, 0.3) is 77.3 Å². The average Bonchev–Trinajstić information content (AvgIpc) is 3.84. The topological polar surface area (TPSA) is 53.1 Å². The first-order valence-corrected chi connectivity index (χ1v) is 19.0. The Labute approximate surface area is 321 Å². The average molecular weight is 717 g/mol. The van der Waals surface area contributed by atoms with Crippen molar-refractivity contribution in [3.05, 3.63) is 151 Å². The summed E-state index contributed by atoms with van der Waals surface area (Å²) in [5, 5.41) is 4.59. The van der Waals surface area contributed by atoms with E-state index >= 15 is 0 Å². The van der Waals surface area contributed by atoms with Crippen LogP contribution in [0.15, 0.2) is 140 Å². The number of aromatic nitrogens is 4. The van der Waals surface area contributed by atoms with E-state index in [0.29, 0.717) is 0 Å². The number of aryl methyl sites for hydroxylation is 2. The third-order valence-corrected chi connectivity index (χ3v) is 11.7. The van der Waals surface area contributed by atoms with Crippen molar-refractivity contribution in [2.75, 3.05) is 0 Å². The van der Waals surface area contributed by atoms with Gasteiger partial charge in [0.25, 0.3) is 0 Å². The Morgan fingerprint density at radius 3 is 1.35 bits per heavy atom. The lowest BCUT2D eigenvalue weighted by Crippen LogP contribution is -2.41. The van der Waals surface area contributed by atoms with E-state index in [2.05, 4.69) is 177 Å². The summed E-state index contributed by atoms with van der Waals surface area (Å²) >= 11 is 0. The van der Waals surface area contributed by atoms with Gasteiger partial charge in [-0.2, -0.15) is 0 Å². The molecular weight excluding hydrogens is 675 g/mol. The minimum absolute atomic E-state index is 0.475. The van der Waals surface area contributed by atoms with Crippen molar-refractivity contribution in [2.45, 2.75) is 52.7 Å². The monoisotopic (exact) mass is 716 g/mol. The highest BCUT2D eigenvalue weighted by Gasteiger charge is 2.51. The van der Waals surface area contributed by atoms with Crippen LogP contribution in [0.4, 0.5) is 0 Å². The summed E-state index contributed by atoms with van der Waals surface area (Å²) in [6.07, 6.45) is 8.33. The van der Waals surface area contributed by atoms with Crippen LogP contribution in [0, 0.1) is 13.8 Å². The number of fused-ring (bicyclic) bond motifs is 6. The fraction of sp³-hybridized carbons (Fsp3) is 0.167. The maximum absolute atomic E-state index is 6.69. The van der Waals surface area contributed by atoms with Gasteiger partial charge in [-0.25, -0.2) is 9.97 Å². The first-order valence-electron chi connectivity index (χ1n) is 19.0. The fourth-order valence-electron chi connectivity index (χ4n) is 8.17. The van der Waals surface area contributed by atoms with Gasteiger partial charge in [-0.15, -0.1) is 0 Å². The Hall–Kier alpha value is -6.02. The Balaban J connectivity index is 1.14. The number of benzene rings is 5. The van der Waals surface area contributed by atoms with Gasteiger partial charge in [-0.3, -0.25) is 0 Å². The molecule has 0 N–H and O–H groups in total. The Kier molecular flexibility index (Phi) is 7.47. The number of hydrogen-bond acceptors (Lipinski definition) is 4. The summed E-state index contributed by atoms with van der Waals surface area (Å²) in [5.74, 6) is 0. The Morgan fingerprint density at radius 1 is 0.491 bits per heavy atom. The molecule has 0 amide bonds. The van der Waals surface area contributed by atoms with Crippen molar-refractivity contribution < 1.29 is 9.31 Å². The smallest absolute Gasteiger partial charge is 0.399 e. The van der Waals surface area contributed by atoms with E-state index in [1.807, 2.05) is 13.8 Å². The third-order valence-electron chi connectivity index (χ3n) is 11.7. The normalized spacial score (nSPS) is 15.2. The maximum atomic E-state index is 6.69. The van der Waals surface area contributed by atoms with Crippen molar-refractivity contribution in [2.24, 2.45) is 0 Å². The first-order chi connectivity index (χ1) is 26.5. The van der Waals surface area contributed by atoms with Crippen LogP contribution >= 0.6 is 0 Å². The van der Waals surface area contributed by atoms with Crippen LogP contribution < -0.4 is 5.46 Å². The molecule has 0 aliphatic carbocycles. The van der Waals surface area contributed by atoms with Gasteiger partial charge in [-0.1, -0.05) is 84.9 Å². The van der Waals surface area contributed by atoms with E-state index in [0.717, 1.165) is 94.2 Å². The lowest BCUT2D eigenvalue weighted by atomic mass is 9.75. The highest BCUT2D eigenvalue weighted by molar-refractivity contribution is 6.62. The molecule has 10 rings (SSSR count). The Bertz CT molecular complexity index is 2790. The standard InChI is InChI=1S/C48H41BN4O2/c1-30-28-52-21-19-34-23-32(15-17-43(34)45(52)50-30)39-11-7-9-13-41(39)36-25-37(27-38(26-36)49-54-47(3,4)48(5,6)55-49)42-14-10-8-12-40(42)33-16-18-44-35(24-33)20-22-53-29-31(2)51-46(44)53/h7-29H,1-6H3. The highest BCUT2D eigenvalue weighted by Crippen LogP contribution is 2.41. The van der Waals surface area contributed by atoms with Gasteiger partial charge >= 0.3 is 7.12 Å². The molecule has 0 atom stereocenters. The van der Waals surface area contributed by atoms with Crippen molar-refractivity contribution >= 4 is 45.4 Å². The summed E-state index contributed by atoms with van der Waals surface area (Å²) in [6.45, 7) is 12.5. The predicted molar refractivity (Wildman–Crippen MR) is 226 cm³/mol. The summed E-state index contributed by atoms with van der Waals surface area (Å²) in [6, 6.07) is 42.0.